The summed E-state index contributed by atoms with van der Waals surface area (Å²) in [6, 6.07) is 4.71. The van der Waals surface area contributed by atoms with Crippen molar-refractivity contribution in [1.82, 2.24) is 15.5 Å². The zero-order valence-corrected chi connectivity index (χ0v) is 21.2. The number of amides is 3. The summed E-state index contributed by atoms with van der Waals surface area (Å²) in [4.78, 5) is 51.6. The van der Waals surface area contributed by atoms with Crippen molar-refractivity contribution in [3.05, 3.63) is 34.9 Å². The maximum Gasteiger partial charge on any atom is 0.408 e. The first kappa shape index (κ1) is 28.8. The number of aryl methyl sites for hydroxylation is 1. The topological polar surface area (TPSA) is 138 Å². The molecule has 0 saturated heterocycles. The van der Waals surface area contributed by atoms with E-state index in [0.29, 0.717) is 5.56 Å². The van der Waals surface area contributed by atoms with Crippen molar-refractivity contribution in [3.8, 4) is 6.07 Å². The van der Waals surface area contributed by atoms with Gasteiger partial charge in [0.15, 0.2) is 0 Å². The molecule has 0 fully saturated rings. The van der Waals surface area contributed by atoms with E-state index in [0.717, 1.165) is 16.0 Å². The largest absolute Gasteiger partial charge is 0.468 e. The zero-order valence-electron chi connectivity index (χ0n) is 20.3. The van der Waals surface area contributed by atoms with Gasteiger partial charge < -0.3 is 25.0 Å². The number of nitrogens with one attached hydrogen (secondary N) is 2. The van der Waals surface area contributed by atoms with E-state index < -0.39 is 54.7 Å². The number of thiol groups is 1. The highest BCUT2D eigenvalue weighted by Crippen LogP contribution is 2.27. The molecule has 0 aliphatic heterocycles. The Bertz CT molecular complexity index is 954. The van der Waals surface area contributed by atoms with Gasteiger partial charge in [-0.05, 0) is 51.3 Å². The van der Waals surface area contributed by atoms with Crippen molar-refractivity contribution >= 4 is 36.5 Å². The number of esters is 1. The summed E-state index contributed by atoms with van der Waals surface area (Å²) in [7, 11) is 1.18. The van der Waals surface area contributed by atoms with Crippen LogP contribution in [-0.2, 0) is 23.9 Å². The Morgan fingerprint density at radius 2 is 1.85 bits per heavy atom. The summed E-state index contributed by atoms with van der Waals surface area (Å²) in [5, 5.41) is 14.4. The fourth-order valence-corrected chi connectivity index (χ4v) is 3.30. The summed E-state index contributed by atoms with van der Waals surface area (Å²) < 4.78 is 9.78. The number of hydrogen-bond donors (Lipinski definition) is 3. The predicted octanol–water partition coefficient (Wildman–Crippen LogP) is 1.81. The summed E-state index contributed by atoms with van der Waals surface area (Å²) in [6.07, 6.45) is -0.838. The van der Waals surface area contributed by atoms with Gasteiger partial charge >= 0.3 is 12.1 Å². The number of carbonyl (C=O) groups excluding carboxylic acids is 4. The number of ether oxygens (including phenoxy) is 2. The lowest BCUT2D eigenvalue weighted by atomic mass is 9.95. The second-order valence-corrected chi connectivity index (χ2v) is 8.86. The van der Waals surface area contributed by atoms with Crippen LogP contribution in [0.1, 0.15) is 43.5 Å². The van der Waals surface area contributed by atoms with Crippen LogP contribution in [0.2, 0.25) is 0 Å². The molecule has 2 N–H and O–H groups in total. The van der Waals surface area contributed by atoms with Crippen LogP contribution < -0.4 is 10.6 Å². The molecular formula is C23H32N4O6S. The molecule has 34 heavy (non-hydrogen) atoms. The van der Waals surface area contributed by atoms with E-state index in [1.165, 1.54) is 7.11 Å². The molecule has 0 radical (unpaired) electrons. The predicted molar refractivity (Wildman–Crippen MR) is 128 cm³/mol. The first-order chi connectivity index (χ1) is 15.9. The van der Waals surface area contributed by atoms with Gasteiger partial charge in [-0.1, -0.05) is 18.2 Å². The Morgan fingerprint density at radius 3 is 2.38 bits per heavy atom. The SMILES string of the molecule is COC(=O)CNC(=O)C(c1cccc(C)c1C)N(CC#N)C(=O)C(CS)NC(=O)OC(C)(C)C. The smallest absolute Gasteiger partial charge is 0.408 e. The normalized spacial score (nSPS) is 12.5. The highest BCUT2D eigenvalue weighted by Gasteiger charge is 2.36. The van der Waals surface area contributed by atoms with Crippen molar-refractivity contribution in [3.63, 3.8) is 0 Å². The van der Waals surface area contributed by atoms with Crippen LogP contribution in [0.3, 0.4) is 0 Å². The number of carbonyl (C=O) groups is 4. The number of rotatable bonds is 9. The van der Waals surface area contributed by atoms with E-state index >= 15 is 0 Å². The van der Waals surface area contributed by atoms with Crippen molar-refractivity contribution < 1.29 is 28.7 Å². The molecule has 1 aromatic carbocycles. The summed E-state index contributed by atoms with van der Waals surface area (Å²) in [5.74, 6) is -2.17. The van der Waals surface area contributed by atoms with E-state index in [1.54, 1.807) is 39.8 Å². The summed E-state index contributed by atoms with van der Waals surface area (Å²) in [5.41, 5.74) is 1.28. The Hall–Kier alpha value is -3.26. The van der Waals surface area contributed by atoms with Crippen LogP contribution in [0, 0.1) is 25.2 Å². The molecule has 11 heteroatoms. The van der Waals surface area contributed by atoms with Gasteiger partial charge in [-0.15, -0.1) is 0 Å². The van der Waals surface area contributed by atoms with Crippen molar-refractivity contribution in [2.24, 2.45) is 0 Å². The molecule has 0 aliphatic rings. The maximum atomic E-state index is 13.5. The van der Waals surface area contributed by atoms with Gasteiger partial charge in [0.1, 0.15) is 30.8 Å². The van der Waals surface area contributed by atoms with E-state index in [9.17, 15) is 24.4 Å². The minimum absolute atomic E-state index is 0.108. The number of methoxy groups -OCH3 is 1. The lowest BCUT2D eigenvalue weighted by Gasteiger charge is -2.33. The summed E-state index contributed by atoms with van der Waals surface area (Å²) in [6.45, 7) is 7.78. The molecular weight excluding hydrogens is 460 g/mol. The second-order valence-electron chi connectivity index (χ2n) is 8.49. The van der Waals surface area contributed by atoms with E-state index in [2.05, 4.69) is 28.0 Å². The third-order valence-electron chi connectivity index (χ3n) is 4.83. The third-order valence-corrected chi connectivity index (χ3v) is 5.20. The minimum atomic E-state index is -1.25. The van der Waals surface area contributed by atoms with Crippen LogP contribution in [0.15, 0.2) is 18.2 Å². The van der Waals surface area contributed by atoms with Gasteiger partial charge in [0.25, 0.3) is 0 Å². The van der Waals surface area contributed by atoms with Gasteiger partial charge in [-0.2, -0.15) is 17.9 Å². The molecule has 3 amide bonds. The fraction of sp³-hybridized carbons (Fsp3) is 0.522. The number of nitrogens with zero attached hydrogens (tertiary/aromatic N) is 2. The molecule has 0 saturated carbocycles. The highest BCUT2D eigenvalue weighted by atomic mass is 32.1. The third kappa shape index (κ3) is 8.26. The Morgan fingerprint density at radius 1 is 1.21 bits per heavy atom. The Kier molecular flexibility index (Phi) is 10.9. The lowest BCUT2D eigenvalue weighted by molar-refractivity contribution is -0.144. The Balaban J connectivity index is 3.41. The van der Waals surface area contributed by atoms with Gasteiger partial charge in [-0.25, -0.2) is 4.79 Å². The molecule has 0 bridgehead atoms. The van der Waals surface area contributed by atoms with E-state index in [1.807, 2.05) is 19.1 Å². The first-order valence-corrected chi connectivity index (χ1v) is 11.2. The van der Waals surface area contributed by atoms with Crippen molar-refractivity contribution in [2.45, 2.75) is 52.3 Å². The number of benzene rings is 1. The fourth-order valence-electron chi connectivity index (χ4n) is 3.06. The number of alkyl carbamates (subject to hydrolysis) is 1. The van der Waals surface area contributed by atoms with E-state index in [4.69, 9.17) is 4.74 Å². The van der Waals surface area contributed by atoms with Crippen LogP contribution in [-0.4, -0.2) is 66.4 Å². The molecule has 2 atom stereocenters. The maximum absolute atomic E-state index is 13.5. The average molecular weight is 493 g/mol. The molecule has 10 nitrogen and oxygen atoms in total. The molecule has 0 aromatic heterocycles. The molecule has 1 rings (SSSR count). The number of hydrogen-bond acceptors (Lipinski definition) is 8. The van der Waals surface area contributed by atoms with Crippen LogP contribution in [0.5, 0.6) is 0 Å². The monoisotopic (exact) mass is 492 g/mol. The van der Waals surface area contributed by atoms with Gasteiger partial charge in [0.05, 0.1) is 13.2 Å². The molecule has 0 heterocycles. The molecule has 2 unspecified atom stereocenters. The number of nitriles is 1. The lowest BCUT2D eigenvalue weighted by Crippen LogP contribution is -2.54. The first-order valence-electron chi connectivity index (χ1n) is 10.5. The quantitative estimate of drug-likeness (QED) is 0.271. The molecule has 0 aliphatic carbocycles. The summed E-state index contributed by atoms with van der Waals surface area (Å²) >= 11 is 4.17. The Labute approximate surface area is 205 Å². The van der Waals surface area contributed by atoms with Crippen LogP contribution in [0.25, 0.3) is 0 Å². The van der Waals surface area contributed by atoms with Gasteiger partial charge in [0, 0.05) is 5.75 Å². The zero-order chi connectivity index (χ0) is 26.1. The van der Waals surface area contributed by atoms with Gasteiger partial charge in [0.2, 0.25) is 11.8 Å². The molecule has 186 valence electrons. The molecule has 0 spiro atoms. The van der Waals surface area contributed by atoms with Gasteiger partial charge in [-0.3, -0.25) is 14.4 Å². The van der Waals surface area contributed by atoms with E-state index in [-0.39, 0.29) is 5.75 Å². The minimum Gasteiger partial charge on any atom is -0.468 e. The van der Waals surface area contributed by atoms with Crippen LogP contribution >= 0.6 is 12.6 Å². The van der Waals surface area contributed by atoms with Crippen molar-refractivity contribution in [1.29, 1.82) is 5.26 Å². The standard InChI is InChI=1S/C23H32N4O6S/c1-14-8-7-9-16(15(14)2)19(20(29)25-12-18(28)32-6)27(11-10-24)21(30)17(13-34)26-22(31)33-23(3,4)5/h7-9,17,19,34H,11-13H2,1-6H3,(H,25,29)(H,26,31). The van der Waals surface area contributed by atoms with Crippen LogP contribution in [0.4, 0.5) is 4.79 Å². The highest BCUT2D eigenvalue weighted by molar-refractivity contribution is 7.80. The molecule has 1 aromatic rings. The second kappa shape index (κ2) is 12.8. The average Bonchev–Trinajstić information content (AvgIpc) is 2.76. The van der Waals surface area contributed by atoms with Crippen molar-refractivity contribution in [2.75, 3.05) is 26.0 Å².